The molecule has 0 aliphatic heterocycles. The van der Waals surface area contributed by atoms with Gasteiger partial charge in [0.05, 0.1) is 6.10 Å². The van der Waals surface area contributed by atoms with Crippen molar-refractivity contribution >= 4 is 0 Å². The van der Waals surface area contributed by atoms with Gasteiger partial charge in [-0.3, -0.25) is 0 Å². The zero-order chi connectivity index (χ0) is 19.9. The monoisotopic (exact) mass is 382 g/mol. The van der Waals surface area contributed by atoms with Crippen molar-refractivity contribution in [1.29, 1.82) is 0 Å². The summed E-state index contributed by atoms with van der Waals surface area (Å²) in [6.07, 6.45) is 13.8. The van der Waals surface area contributed by atoms with Crippen LogP contribution in [0.1, 0.15) is 88.7 Å². The Morgan fingerprint density at radius 2 is 2.04 bits per heavy atom. The molecule has 0 saturated heterocycles. The number of aliphatic hydroxyl groups excluding tert-OH is 1. The molecule has 6 atom stereocenters. The highest BCUT2D eigenvalue weighted by molar-refractivity contribution is 5.43. The Labute approximate surface area is 171 Å². The number of rotatable bonds is 6. The third-order valence-electron chi connectivity index (χ3n) is 8.78. The maximum Gasteiger partial charge on any atom is 0.115 e. The summed E-state index contributed by atoms with van der Waals surface area (Å²) < 4.78 is 0. The molecule has 3 aliphatic rings. The molecule has 1 aromatic carbocycles. The molecule has 2 saturated carbocycles. The molecule has 154 valence electrons. The lowest BCUT2D eigenvalue weighted by molar-refractivity contribution is -0.0812. The maximum atomic E-state index is 11.0. The summed E-state index contributed by atoms with van der Waals surface area (Å²) in [5.41, 5.74) is 2.90. The molecule has 0 radical (unpaired) electrons. The Balaban J connectivity index is 1.76. The number of hydrogen-bond acceptors (Lipinski definition) is 2. The number of phenols is 1. The van der Waals surface area contributed by atoms with Gasteiger partial charge in [-0.1, -0.05) is 51.7 Å². The van der Waals surface area contributed by atoms with Crippen molar-refractivity contribution in [3.63, 3.8) is 0 Å². The summed E-state index contributed by atoms with van der Waals surface area (Å²) in [5.74, 6) is 1.99. The molecule has 2 nitrogen and oxygen atoms in total. The summed E-state index contributed by atoms with van der Waals surface area (Å²) >= 11 is 0. The number of fused-ring (bicyclic) bond motifs is 5. The normalized spacial score (nSPS) is 39.1. The Hall–Kier alpha value is -1.28. The maximum absolute atomic E-state index is 11.0. The second-order valence-electron chi connectivity index (χ2n) is 10.1. The highest BCUT2D eigenvalue weighted by atomic mass is 16.3. The molecular formula is C26H38O2. The molecule has 2 N–H and O–H groups in total. The van der Waals surface area contributed by atoms with Crippen LogP contribution in [0.4, 0.5) is 0 Å². The van der Waals surface area contributed by atoms with Crippen LogP contribution in [0.2, 0.25) is 0 Å². The first kappa shape index (κ1) is 20.0. The van der Waals surface area contributed by atoms with E-state index in [0.29, 0.717) is 23.5 Å². The van der Waals surface area contributed by atoms with Crippen LogP contribution >= 0.6 is 0 Å². The average Bonchev–Trinajstić information content (AvgIpc) is 2.99. The predicted octanol–water partition coefficient (Wildman–Crippen LogP) is 6.36. The van der Waals surface area contributed by atoms with E-state index in [2.05, 4.69) is 32.6 Å². The number of benzene rings is 1. The molecule has 2 heteroatoms. The summed E-state index contributed by atoms with van der Waals surface area (Å²) in [4.78, 5) is 0. The van der Waals surface area contributed by atoms with Crippen LogP contribution < -0.4 is 0 Å². The van der Waals surface area contributed by atoms with Crippen LogP contribution in [0.25, 0.3) is 0 Å². The number of aryl methyl sites for hydroxylation is 1. The molecule has 1 aromatic rings. The number of phenolic OH excluding ortho intramolecular Hbond substituents is 1. The number of aromatic hydroxyl groups is 1. The standard InChI is InChI=1S/C26H38O2/c1-4-6-7-8-9-19-17-25(3)22(12-13-23(25)28)26(5-2)15-14-18-16-20(27)10-11-21(18)24(19)26/h5,10-11,16,19,22-24,27-28H,2,4,6-9,12-15,17H2,1,3H3/t19-,22+,23-,24+,25-,26-/m0/s1. The number of aliphatic hydroxyl groups is 1. The lowest BCUT2D eigenvalue weighted by atomic mass is 9.44. The van der Waals surface area contributed by atoms with Crippen molar-refractivity contribution < 1.29 is 10.2 Å². The number of allylic oxidation sites excluding steroid dienone is 1. The molecule has 4 rings (SSSR count). The molecule has 3 aliphatic carbocycles. The van der Waals surface area contributed by atoms with E-state index in [1.807, 2.05) is 12.1 Å². The molecule has 0 heterocycles. The van der Waals surface area contributed by atoms with E-state index in [0.717, 1.165) is 32.1 Å². The molecule has 0 unspecified atom stereocenters. The van der Waals surface area contributed by atoms with Gasteiger partial charge in [0, 0.05) is 0 Å². The Morgan fingerprint density at radius 3 is 2.79 bits per heavy atom. The fraction of sp³-hybridized carbons (Fsp3) is 0.692. The van der Waals surface area contributed by atoms with Crippen molar-refractivity contribution in [2.45, 2.75) is 90.1 Å². The lowest BCUT2D eigenvalue weighted by Crippen LogP contribution is -2.54. The Bertz CT molecular complexity index is 725. The molecule has 0 bridgehead atoms. The van der Waals surface area contributed by atoms with Gasteiger partial charge in [-0.2, -0.15) is 0 Å². The van der Waals surface area contributed by atoms with Crippen LogP contribution in [-0.2, 0) is 6.42 Å². The SMILES string of the molecule is C=C[C@@]12CCc3cc(O)ccc3[C@H]1[C@@H](CCCCCC)C[C@@]1(C)[C@H]2CC[C@@H]1O. The minimum Gasteiger partial charge on any atom is -0.508 e. The first-order chi connectivity index (χ1) is 13.5. The first-order valence-electron chi connectivity index (χ1n) is 11.6. The van der Waals surface area contributed by atoms with Crippen LogP contribution in [0.15, 0.2) is 30.9 Å². The molecule has 0 amide bonds. The van der Waals surface area contributed by atoms with Gasteiger partial charge >= 0.3 is 0 Å². The average molecular weight is 383 g/mol. The number of hydrogen-bond donors (Lipinski definition) is 2. The van der Waals surface area contributed by atoms with Gasteiger partial charge in [0.25, 0.3) is 0 Å². The minimum absolute atomic E-state index is 0.0224. The van der Waals surface area contributed by atoms with E-state index in [4.69, 9.17) is 0 Å². The third-order valence-corrected chi connectivity index (χ3v) is 8.78. The molecule has 2 fully saturated rings. The number of unbranched alkanes of at least 4 members (excludes halogenated alkanes) is 3. The smallest absolute Gasteiger partial charge is 0.115 e. The van der Waals surface area contributed by atoms with Crippen molar-refractivity contribution in [3.05, 3.63) is 42.0 Å². The molecular weight excluding hydrogens is 344 g/mol. The van der Waals surface area contributed by atoms with Gasteiger partial charge in [-0.15, -0.1) is 6.58 Å². The zero-order valence-electron chi connectivity index (χ0n) is 17.8. The van der Waals surface area contributed by atoms with Gasteiger partial charge in [-0.25, -0.2) is 0 Å². The molecule has 28 heavy (non-hydrogen) atoms. The highest BCUT2D eigenvalue weighted by Crippen LogP contribution is 2.69. The van der Waals surface area contributed by atoms with Crippen LogP contribution in [0, 0.1) is 22.7 Å². The Morgan fingerprint density at radius 1 is 1.21 bits per heavy atom. The topological polar surface area (TPSA) is 40.5 Å². The second-order valence-corrected chi connectivity index (χ2v) is 10.1. The van der Waals surface area contributed by atoms with Gasteiger partial charge in [0.2, 0.25) is 0 Å². The van der Waals surface area contributed by atoms with Crippen LogP contribution in [0.3, 0.4) is 0 Å². The fourth-order valence-corrected chi connectivity index (χ4v) is 7.53. The van der Waals surface area contributed by atoms with Crippen molar-refractivity contribution in [3.8, 4) is 5.75 Å². The molecule has 0 spiro atoms. The second kappa shape index (κ2) is 7.52. The summed E-state index contributed by atoms with van der Waals surface area (Å²) in [5, 5.41) is 21.0. The van der Waals surface area contributed by atoms with E-state index < -0.39 is 0 Å². The van der Waals surface area contributed by atoms with E-state index in [1.54, 1.807) is 0 Å². The summed E-state index contributed by atoms with van der Waals surface area (Å²) in [6, 6.07) is 6.07. The highest BCUT2D eigenvalue weighted by Gasteiger charge is 2.63. The van der Waals surface area contributed by atoms with E-state index in [9.17, 15) is 10.2 Å². The Kier molecular flexibility index (Phi) is 5.37. The molecule has 0 aromatic heterocycles. The minimum atomic E-state index is -0.172. The largest absolute Gasteiger partial charge is 0.508 e. The first-order valence-corrected chi connectivity index (χ1v) is 11.6. The van der Waals surface area contributed by atoms with Crippen LogP contribution in [0.5, 0.6) is 5.75 Å². The van der Waals surface area contributed by atoms with Crippen LogP contribution in [-0.4, -0.2) is 16.3 Å². The summed E-state index contributed by atoms with van der Waals surface area (Å²) in [7, 11) is 0. The van der Waals surface area contributed by atoms with E-state index in [-0.39, 0.29) is 16.9 Å². The van der Waals surface area contributed by atoms with Gasteiger partial charge in [-0.05, 0) is 90.4 Å². The van der Waals surface area contributed by atoms with Gasteiger partial charge < -0.3 is 10.2 Å². The van der Waals surface area contributed by atoms with Crippen molar-refractivity contribution in [2.24, 2.45) is 22.7 Å². The van der Waals surface area contributed by atoms with Gasteiger partial charge in [0.15, 0.2) is 0 Å². The van der Waals surface area contributed by atoms with Crippen molar-refractivity contribution in [2.75, 3.05) is 0 Å². The van der Waals surface area contributed by atoms with E-state index in [1.165, 1.54) is 43.2 Å². The van der Waals surface area contributed by atoms with Crippen molar-refractivity contribution in [1.82, 2.24) is 0 Å². The van der Waals surface area contributed by atoms with Gasteiger partial charge in [0.1, 0.15) is 5.75 Å². The lowest BCUT2D eigenvalue weighted by Gasteiger charge is -2.60. The third kappa shape index (κ3) is 2.95. The van der Waals surface area contributed by atoms with E-state index >= 15 is 0 Å². The zero-order valence-corrected chi connectivity index (χ0v) is 17.8. The predicted molar refractivity (Wildman–Crippen MR) is 116 cm³/mol. The summed E-state index contributed by atoms with van der Waals surface area (Å²) in [6.45, 7) is 9.01. The fourth-order valence-electron chi connectivity index (χ4n) is 7.53. The quantitative estimate of drug-likeness (QED) is 0.444.